The second-order valence-corrected chi connectivity index (χ2v) is 4.70. The fourth-order valence-electron chi connectivity index (χ4n) is 1.51. The first kappa shape index (κ1) is 14.7. The van der Waals surface area contributed by atoms with Crippen molar-refractivity contribution in [3.8, 4) is 0 Å². The Morgan fingerprint density at radius 1 is 1.53 bits per heavy atom. The van der Waals surface area contributed by atoms with Crippen molar-refractivity contribution in [3.05, 3.63) is 28.0 Å². The van der Waals surface area contributed by atoms with E-state index in [1.165, 1.54) is 0 Å². The van der Waals surface area contributed by atoms with Gasteiger partial charge in [-0.2, -0.15) is 0 Å². The van der Waals surface area contributed by atoms with Gasteiger partial charge >= 0.3 is 0 Å². The number of methoxy groups -OCH3 is 1. The average molecular weight is 279 g/mol. The molecule has 0 spiro atoms. The molecule has 96 valence electrons. The standard InChI is InChI=1S/C11H16Cl2N2O2/c1-15(6-9(16)7-17-2)5-8-4-14-11(13)3-10(8)12/h3-4,9,16H,5-7H2,1-2H3. The lowest BCUT2D eigenvalue weighted by Crippen LogP contribution is -2.31. The van der Waals surface area contributed by atoms with E-state index in [-0.39, 0.29) is 0 Å². The summed E-state index contributed by atoms with van der Waals surface area (Å²) in [4.78, 5) is 5.92. The predicted octanol–water partition coefficient (Wildman–Crippen LogP) is 1.83. The van der Waals surface area contributed by atoms with E-state index in [9.17, 15) is 5.11 Å². The van der Waals surface area contributed by atoms with Crippen LogP contribution in [0.3, 0.4) is 0 Å². The molecule has 0 aliphatic rings. The van der Waals surface area contributed by atoms with Crippen LogP contribution in [0.5, 0.6) is 0 Å². The summed E-state index contributed by atoms with van der Waals surface area (Å²) in [7, 11) is 3.45. The first-order valence-electron chi connectivity index (χ1n) is 5.18. The molecular formula is C11H16Cl2N2O2. The van der Waals surface area contributed by atoms with Crippen molar-refractivity contribution in [2.45, 2.75) is 12.6 Å². The van der Waals surface area contributed by atoms with E-state index in [4.69, 9.17) is 27.9 Å². The van der Waals surface area contributed by atoms with Crippen LogP contribution in [-0.2, 0) is 11.3 Å². The second kappa shape index (κ2) is 7.13. The van der Waals surface area contributed by atoms with Crippen molar-refractivity contribution >= 4 is 23.2 Å². The van der Waals surface area contributed by atoms with Gasteiger partial charge in [0.2, 0.25) is 0 Å². The van der Waals surface area contributed by atoms with Gasteiger partial charge in [-0.25, -0.2) is 4.98 Å². The molecule has 0 bridgehead atoms. The Kier molecular flexibility index (Phi) is 6.16. The first-order chi connectivity index (χ1) is 8.02. The molecule has 0 radical (unpaired) electrons. The molecule has 1 aromatic heterocycles. The number of ether oxygens (including phenoxy) is 1. The lowest BCUT2D eigenvalue weighted by Gasteiger charge is -2.20. The van der Waals surface area contributed by atoms with Crippen LogP contribution in [0.2, 0.25) is 10.2 Å². The fraction of sp³-hybridized carbons (Fsp3) is 0.545. The van der Waals surface area contributed by atoms with Gasteiger partial charge in [0, 0.05) is 37.0 Å². The smallest absolute Gasteiger partial charge is 0.130 e. The number of aliphatic hydroxyl groups is 1. The highest BCUT2D eigenvalue weighted by molar-refractivity contribution is 6.34. The average Bonchev–Trinajstić information content (AvgIpc) is 2.22. The Morgan fingerprint density at radius 3 is 2.82 bits per heavy atom. The van der Waals surface area contributed by atoms with Crippen LogP contribution in [0.4, 0.5) is 0 Å². The minimum Gasteiger partial charge on any atom is -0.389 e. The summed E-state index contributed by atoms with van der Waals surface area (Å²) in [6.07, 6.45) is 1.13. The third-order valence-electron chi connectivity index (χ3n) is 2.22. The summed E-state index contributed by atoms with van der Waals surface area (Å²) in [6.45, 7) is 1.42. The Hall–Kier alpha value is -0.390. The van der Waals surface area contributed by atoms with Crippen molar-refractivity contribution in [1.29, 1.82) is 0 Å². The van der Waals surface area contributed by atoms with E-state index in [2.05, 4.69) is 4.98 Å². The van der Waals surface area contributed by atoms with Gasteiger partial charge in [-0.1, -0.05) is 23.2 Å². The molecule has 0 fully saturated rings. The van der Waals surface area contributed by atoms with Crippen LogP contribution in [0.1, 0.15) is 5.56 Å². The Labute approximate surface area is 111 Å². The van der Waals surface area contributed by atoms with E-state index >= 15 is 0 Å². The number of hydrogen-bond donors (Lipinski definition) is 1. The maximum atomic E-state index is 9.57. The number of aromatic nitrogens is 1. The molecular weight excluding hydrogens is 263 g/mol. The van der Waals surface area contributed by atoms with Crippen LogP contribution in [0.25, 0.3) is 0 Å². The number of aliphatic hydroxyl groups excluding tert-OH is 1. The molecule has 0 saturated carbocycles. The lowest BCUT2D eigenvalue weighted by atomic mass is 10.2. The Bertz CT molecular complexity index is 363. The zero-order valence-electron chi connectivity index (χ0n) is 9.86. The summed E-state index contributed by atoms with van der Waals surface area (Å²) in [5.74, 6) is 0. The fourth-order valence-corrected chi connectivity index (χ4v) is 1.94. The van der Waals surface area contributed by atoms with Gasteiger partial charge in [0.1, 0.15) is 5.15 Å². The lowest BCUT2D eigenvalue weighted by molar-refractivity contribution is 0.0418. The third-order valence-corrected chi connectivity index (χ3v) is 2.78. The molecule has 1 unspecified atom stereocenters. The van der Waals surface area contributed by atoms with Gasteiger partial charge in [-0.3, -0.25) is 4.90 Å². The molecule has 0 saturated heterocycles. The normalized spacial score (nSPS) is 13.1. The quantitative estimate of drug-likeness (QED) is 0.807. The van der Waals surface area contributed by atoms with Gasteiger partial charge in [0.05, 0.1) is 12.7 Å². The van der Waals surface area contributed by atoms with Crippen LogP contribution in [0.15, 0.2) is 12.3 Å². The van der Waals surface area contributed by atoms with Crippen molar-refractivity contribution in [2.75, 3.05) is 27.3 Å². The minimum atomic E-state index is -0.510. The van der Waals surface area contributed by atoms with Gasteiger partial charge in [0.25, 0.3) is 0 Å². The van der Waals surface area contributed by atoms with Gasteiger partial charge < -0.3 is 9.84 Å². The van der Waals surface area contributed by atoms with Crippen molar-refractivity contribution < 1.29 is 9.84 Å². The number of likely N-dealkylation sites (N-methyl/N-ethyl adjacent to an activating group) is 1. The topological polar surface area (TPSA) is 45.6 Å². The van der Waals surface area contributed by atoms with Crippen LogP contribution >= 0.6 is 23.2 Å². The highest BCUT2D eigenvalue weighted by atomic mass is 35.5. The molecule has 1 N–H and O–H groups in total. The molecule has 0 aliphatic heterocycles. The van der Waals surface area contributed by atoms with Gasteiger partial charge in [-0.15, -0.1) is 0 Å². The molecule has 1 heterocycles. The summed E-state index contributed by atoms with van der Waals surface area (Å²) in [6, 6.07) is 1.61. The number of rotatable bonds is 6. The summed E-state index contributed by atoms with van der Waals surface area (Å²) < 4.78 is 4.86. The van der Waals surface area contributed by atoms with E-state index in [0.29, 0.717) is 29.9 Å². The van der Waals surface area contributed by atoms with Crippen molar-refractivity contribution in [3.63, 3.8) is 0 Å². The van der Waals surface area contributed by atoms with Crippen LogP contribution in [0, 0.1) is 0 Å². The van der Waals surface area contributed by atoms with E-state index in [0.717, 1.165) is 5.56 Å². The molecule has 17 heavy (non-hydrogen) atoms. The van der Waals surface area contributed by atoms with Crippen molar-refractivity contribution in [1.82, 2.24) is 9.88 Å². The summed E-state index contributed by atoms with van der Waals surface area (Å²) in [5, 5.41) is 10.5. The first-order valence-corrected chi connectivity index (χ1v) is 5.94. The maximum absolute atomic E-state index is 9.57. The van der Waals surface area contributed by atoms with E-state index < -0.39 is 6.10 Å². The highest BCUT2D eigenvalue weighted by Gasteiger charge is 2.10. The highest BCUT2D eigenvalue weighted by Crippen LogP contribution is 2.19. The Balaban J connectivity index is 2.52. The second-order valence-electron chi connectivity index (χ2n) is 3.90. The van der Waals surface area contributed by atoms with Crippen LogP contribution < -0.4 is 0 Å². The van der Waals surface area contributed by atoms with Crippen LogP contribution in [-0.4, -0.2) is 48.4 Å². The summed E-state index contributed by atoms with van der Waals surface area (Å²) >= 11 is 11.7. The number of halogens is 2. The zero-order valence-corrected chi connectivity index (χ0v) is 11.4. The Morgan fingerprint density at radius 2 is 2.24 bits per heavy atom. The molecule has 4 nitrogen and oxygen atoms in total. The molecule has 1 atom stereocenters. The van der Waals surface area contributed by atoms with Gasteiger partial charge in [0.15, 0.2) is 0 Å². The zero-order chi connectivity index (χ0) is 12.8. The number of hydrogen-bond acceptors (Lipinski definition) is 4. The van der Waals surface area contributed by atoms with Gasteiger partial charge in [-0.05, 0) is 13.1 Å². The molecule has 0 aromatic carbocycles. The molecule has 1 rings (SSSR count). The SMILES string of the molecule is COCC(O)CN(C)Cc1cnc(Cl)cc1Cl. The largest absolute Gasteiger partial charge is 0.389 e. The van der Waals surface area contributed by atoms with Crippen molar-refractivity contribution in [2.24, 2.45) is 0 Å². The maximum Gasteiger partial charge on any atom is 0.130 e. The predicted molar refractivity (Wildman–Crippen MR) is 68.5 cm³/mol. The molecule has 0 amide bonds. The number of nitrogens with zero attached hydrogens (tertiary/aromatic N) is 2. The van der Waals surface area contributed by atoms with E-state index in [1.807, 2.05) is 11.9 Å². The minimum absolute atomic E-state index is 0.316. The molecule has 1 aromatic rings. The summed E-state index contributed by atoms with van der Waals surface area (Å²) in [5.41, 5.74) is 0.878. The monoisotopic (exact) mass is 278 g/mol. The molecule has 6 heteroatoms. The third kappa shape index (κ3) is 5.19. The number of pyridine rings is 1. The van der Waals surface area contributed by atoms with E-state index in [1.54, 1.807) is 19.4 Å². The molecule has 0 aliphatic carbocycles.